The molecule has 0 unspecified atom stereocenters. The number of aliphatic hydroxyl groups excluding tert-OH is 1. The lowest BCUT2D eigenvalue weighted by atomic mass is 10.1. The van der Waals surface area contributed by atoms with Crippen molar-refractivity contribution >= 4 is 127 Å². The van der Waals surface area contributed by atoms with Crippen molar-refractivity contribution in [1.82, 2.24) is 77.3 Å². The van der Waals surface area contributed by atoms with E-state index in [0.29, 0.717) is 123 Å². The first kappa shape index (κ1) is 91.7. The van der Waals surface area contributed by atoms with Crippen LogP contribution in [0.25, 0.3) is 44.1 Å². The largest absolute Gasteiger partial charge is 0.494 e. The molecular weight excluding hydrogens is 1630 g/mol. The summed E-state index contributed by atoms with van der Waals surface area (Å²) in [6.07, 6.45) is 7.62. The minimum absolute atomic E-state index is 0.0167. The Morgan fingerprint density at radius 2 is 0.698 bits per heavy atom. The molecule has 8 aromatic heterocycles. The van der Waals surface area contributed by atoms with Gasteiger partial charge >= 0.3 is 11.9 Å². The number of hydrogen-bond acceptors (Lipinski definition) is 25. The fraction of sp³-hybridized carbons (Fsp3) is 0.365. The molecule has 0 saturated heterocycles. The maximum atomic E-state index is 13.9. The van der Waals surface area contributed by atoms with Crippen molar-refractivity contribution in [3.8, 4) is 23.0 Å². The summed E-state index contributed by atoms with van der Waals surface area (Å²) in [7, 11) is 2.89. The number of rotatable bonds is 38. The van der Waals surface area contributed by atoms with Crippen molar-refractivity contribution in [1.29, 1.82) is 0 Å². The molecule has 0 radical (unpaired) electrons. The Morgan fingerprint density at radius 1 is 0.421 bits per heavy atom. The van der Waals surface area contributed by atoms with Gasteiger partial charge in [0, 0.05) is 94.1 Å². The predicted molar refractivity (Wildman–Crippen MR) is 465 cm³/mol. The molecule has 0 bridgehead atoms. The quantitative estimate of drug-likeness (QED) is 0.00998. The Balaban J connectivity index is 0.000000249. The predicted octanol–water partition coefficient (Wildman–Crippen LogP) is 8.25. The van der Waals surface area contributed by atoms with Crippen LogP contribution in [0, 0.1) is 33.6 Å². The summed E-state index contributed by atoms with van der Waals surface area (Å²) in [5, 5.41) is 38.6. The number of ether oxygens (including phenoxy) is 6. The van der Waals surface area contributed by atoms with Crippen molar-refractivity contribution < 1.29 is 81.5 Å². The van der Waals surface area contributed by atoms with Gasteiger partial charge in [0.05, 0.1) is 91.2 Å². The van der Waals surface area contributed by atoms with Gasteiger partial charge in [-0.2, -0.15) is 20.4 Å². The van der Waals surface area contributed by atoms with E-state index in [2.05, 4.69) is 56.6 Å². The molecule has 0 fully saturated rings. The van der Waals surface area contributed by atoms with Crippen molar-refractivity contribution in [2.45, 2.75) is 160 Å². The van der Waals surface area contributed by atoms with E-state index in [4.69, 9.17) is 56.3 Å². The molecule has 0 saturated carbocycles. The van der Waals surface area contributed by atoms with Crippen LogP contribution < -0.4 is 63.1 Å². The first-order valence-corrected chi connectivity index (χ1v) is 40.5. The molecule has 0 aliphatic rings. The molecule has 664 valence electrons. The first-order chi connectivity index (χ1) is 60.1. The number of esters is 2. The average Bonchev–Trinajstić information content (AvgIpc) is 1.62. The normalized spacial score (nSPS) is 11.8. The lowest BCUT2D eigenvalue weighted by Gasteiger charge is -2.20. The van der Waals surface area contributed by atoms with E-state index < -0.39 is 70.7 Å². The number of amides is 8. The third-order valence-electron chi connectivity index (χ3n) is 19.6. The summed E-state index contributed by atoms with van der Waals surface area (Å²) < 4.78 is 47.5. The van der Waals surface area contributed by atoms with Crippen LogP contribution in [0.5, 0.6) is 23.0 Å². The Hall–Kier alpha value is -15.1. The summed E-state index contributed by atoms with van der Waals surface area (Å²) in [5.41, 5.74) is 29.5. The summed E-state index contributed by atoms with van der Waals surface area (Å²) >= 11 is 0. The van der Waals surface area contributed by atoms with E-state index in [1.807, 2.05) is 39.8 Å². The van der Waals surface area contributed by atoms with Gasteiger partial charge in [-0.15, -0.1) is 0 Å². The van der Waals surface area contributed by atoms with E-state index in [1.54, 1.807) is 129 Å². The van der Waals surface area contributed by atoms with Crippen molar-refractivity contribution in [3.63, 3.8) is 0 Å². The van der Waals surface area contributed by atoms with Gasteiger partial charge < -0.3 is 74.7 Å². The SMILES string of the molecule is CCn1nc(C)cc1C(=O)Nc1nc2cc(C(N)=O)cc(OC)c2n1C/C=C/Cn1c(NC(=O)c2cc(C)nn2CC)nc2cc(C(N)=O)cc(OCCCO)c21.CCn1nc(C)cc1C(=O)Nc1nc2cc(C(N)=O)cc(OC)c2n1C/C=C/Cn1c(NC(=O)c2cc(C)nn2CC)nc2cc(C(N)=O)cc(OCCCOC(=O)[C@H](C)CC(=O)OC(C)(C)C)c21. The van der Waals surface area contributed by atoms with Gasteiger partial charge in [0.25, 0.3) is 23.6 Å². The number of aryl methyl sites for hydroxylation is 8. The molecule has 0 aliphatic carbocycles. The smallest absolute Gasteiger partial charge is 0.309 e. The second-order valence-corrected chi connectivity index (χ2v) is 30.1. The molecule has 4 aromatic carbocycles. The summed E-state index contributed by atoms with van der Waals surface area (Å²) in [5.74, 6) is -4.89. The number of imidazole rings is 4. The highest BCUT2D eigenvalue weighted by Gasteiger charge is 2.30. The van der Waals surface area contributed by atoms with Crippen LogP contribution in [0.3, 0.4) is 0 Å². The Morgan fingerprint density at radius 3 is 0.960 bits per heavy atom. The van der Waals surface area contributed by atoms with Crippen molar-refractivity contribution in [2.24, 2.45) is 28.9 Å². The molecule has 8 amide bonds. The summed E-state index contributed by atoms with van der Waals surface area (Å²) in [6.45, 7) is 23.7. The lowest BCUT2D eigenvalue weighted by Crippen LogP contribution is -2.27. The maximum absolute atomic E-state index is 13.9. The number of carbonyl (C=O) groups excluding carboxylic acids is 10. The summed E-state index contributed by atoms with van der Waals surface area (Å²) in [6, 6.07) is 18.6. The third kappa shape index (κ3) is 21.2. The van der Waals surface area contributed by atoms with E-state index in [0.717, 1.165) is 0 Å². The zero-order valence-corrected chi connectivity index (χ0v) is 72.4. The molecule has 12 rings (SSSR count). The van der Waals surface area contributed by atoms with Crippen molar-refractivity contribution in [2.75, 3.05) is 61.9 Å². The Kier molecular flexibility index (Phi) is 29.0. The van der Waals surface area contributed by atoms with Crippen LogP contribution in [0.4, 0.5) is 23.8 Å². The van der Waals surface area contributed by atoms with E-state index >= 15 is 0 Å². The number of methoxy groups -OCH3 is 2. The van der Waals surface area contributed by atoms with Crippen LogP contribution in [-0.4, -0.2) is 188 Å². The summed E-state index contributed by atoms with van der Waals surface area (Å²) in [4.78, 5) is 148. The fourth-order valence-corrected chi connectivity index (χ4v) is 13.9. The van der Waals surface area contributed by atoms with Crippen LogP contribution in [0.2, 0.25) is 0 Å². The molecule has 1 atom stereocenters. The van der Waals surface area contributed by atoms with Crippen LogP contribution >= 0.6 is 0 Å². The number of hydrogen-bond donors (Lipinski definition) is 9. The minimum Gasteiger partial charge on any atom is -0.494 e. The van der Waals surface area contributed by atoms with Gasteiger partial charge in [0.1, 0.15) is 73.4 Å². The molecule has 126 heavy (non-hydrogen) atoms. The standard InChI is InChI=1S/C47H58N12O10.C38H44N12O7/c1-10-58-33(20-27(4)54-58)42(63)52-45-50-31-22-29(40(48)61)24-35(66-9)38(31)56(45)15-12-13-16-57-39-32(51-46(57)53-43(64)34-21-28(5)55-59(34)11-2)23-30(41(49)62)25-36(39)67-17-14-18-68-44(65)26(3)19-37(60)69-47(6,7)8;1-6-49-27(15-21(3)45-49)35(54)43-37-41-25-17-23(33(39)52)19-29(56-5)31(25)47(37)11-8-9-12-48-32-26(18-24(34(40)53)20-30(32)57-14-10-13-51)42-38(48)44-36(55)28-16-22(4)46-50(28)7-2/h12-13,20-26H,10-11,14-19H2,1-9H3,(H2,48,61)(H2,49,62)(H,50,52,63)(H,51,53,64);8-9,15-20,51H,6-7,10-14H2,1-5H3,(H2,39,52)(H2,40,53)(H,41,43,54)(H,42,44,55)/b13-12+;9-8+/t26-;/m1./s1. The van der Waals surface area contributed by atoms with Crippen LogP contribution in [-0.2, 0) is 71.4 Å². The molecule has 12 aromatic rings. The van der Waals surface area contributed by atoms with Gasteiger partial charge in [0.2, 0.25) is 47.4 Å². The molecule has 41 heteroatoms. The van der Waals surface area contributed by atoms with Crippen LogP contribution in [0.1, 0.15) is 181 Å². The first-order valence-electron chi connectivity index (χ1n) is 40.5. The van der Waals surface area contributed by atoms with Crippen LogP contribution in [0.15, 0.2) is 97.1 Å². The number of benzene rings is 4. The molecule has 13 N–H and O–H groups in total. The number of nitrogens with one attached hydrogen (secondary N) is 4. The second-order valence-electron chi connectivity index (χ2n) is 30.1. The number of nitrogens with zero attached hydrogens (tertiary/aromatic N) is 16. The van der Waals surface area contributed by atoms with Gasteiger partial charge in [-0.25, -0.2) is 19.9 Å². The minimum atomic E-state index is -0.750. The lowest BCUT2D eigenvalue weighted by molar-refractivity contribution is -0.161. The number of primary amides is 4. The van der Waals surface area contributed by atoms with Gasteiger partial charge in [0.15, 0.2) is 0 Å². The van der Waals surface area contributed by atoms with Gasteiger partial charge in [-0.05, 0) is 149 Å². The molecule has 41 nitrogen and oxygen atoms in total. The number of allylic oxidation sites excluding steroid dienone is 4. The third-order valence-corrected chi connectivity index (χ3v) is 19.6. The zero-order chi connectivity index (χ0) is 91.3. The number of carbonyl (C=O) groups is 10. The molecular formula is C85H102N24O17. The number of fused-ring (bicyclic) bond motifs is 4. The van der Waals surface area contributed by atoms with E-state index in [1.165, 1.54) is 62.8 Å². The average molecular weight is 1730 g/mol. The maximum Gasteiger partial charge on any atom is 0.309 e. The highest BCUT2D eigenvalue weighted by molar-refractivity contribution is 6.08. The number of anilines is 4. The number of nitrogens with two attached hydrogens (primary N) is 4. The molecule has 0 spiro atoms. The Labute approximate surface area is 721 Å². The topological polar surface area (TPSA) is 541 Å². The van der Waals surface area contributed by atoms with Crippen molar-refractivity contribution in [3.05, 3.63) is 165 Å². The van der Waals surface area contributed by atoms with E-state index in [9.17, 15) is 53.1 Å². The monoisotopic (exact) mass is 1730 g/mol. The molecule has 0 aliphatic heterocycles. The van der Waals surface area contributed by atoms with Gasteiger partial charge in [-0.3, -0.25) is 87.9 Å². The molecule has 8 heterocycles. The number of aromatic nitrogens is 16. The second kappa shape index (κ2) is 39.9. The highest BCUT2D eigenvalue weighted by Crippen LogP contribution is 2.37. The fourth-order valence-electron chi connectivity index (χ4n) is 13.9. The highest BCUT2D eigenvalue weighted by atomic mass is 16.6. The van der Waals surface area contributed by atoms with Gasteiger partial charge in [-0.1, -0.05) is 31.2 Å². The van der Waals surface area contributed by atoms with E-state index in [-0.39, 0.29) is 134 Å². The Bertz CT molecular complexity index is 6250. The number of aliphatic hydroxyl groups is 1. The zero-order valence-electron chi connectivity index (χ0n) is 72.4.